The van der Waals surface area contributed by atoms with E-state index in [2.05, 4.69) is 24.8 Å². The smallest absolute Gasteiger partial charge is 0.475 e. The van der Waals surface area contributed by atoms with Crippen LogP contribution in [0.4, 0.5) is 19.1 Å². The van der Waals surface area contributed by atoms with E-state index in [9.17, 15) is 18.0 Å². The number of hydrogen-bond donors (Lipinski definition) is 1. The molecular formula is C19H21F3N6O3. The van der Waals surface area contributed by atoms with Crippen molar-refractivity contribution in [3.05, 3.63) is 42.7 Å². The lowest BCUT2D eigenvalue weighted by molar-refractivity contribution is -0.192. The highest BCUT2D eigenvalue weighted by Crippen LogP contribution is 2.40. The Morgan fingerprint density at radius 3 is 2.32 bits per heavy atom. The molecule has 4 heterocycles. The summed E-state index contributed by atoms with van der Waals surface area (Å²) in [5.41, 5.74) is 0.559. The Hall–Kier alpha value is -3.31. The lowest BCUT2D eigenvalue weighted by Crippen LogP contribution is -2.46. The molecule has 0 radical (unpaired) electrons. The zero-order valence-corrected chi connectivity index (χ0v) is 16.5. The van der Waals surface area contributed by atoms with E-state index in [1.165, 1.54) is 6.20 Å². The SMILES string of the molecule is O=C(O)C(F)(F)F.O=C(c1cnccn1)N1CCC2(CCCN(c3ncccn3)C2)C1. The van der Waals surface area contributed by atoms with Crippen LogP contribution >= 0.6 is 0 Å². The molecule has 2 fully saturated rings. The average Bonchev–Trinajstić information content (AvgIpc) is 3.17. The van der Waals surface area contributed by atoms with Gasteiger partial charge in [-0.05, 0) is 25.3 Å². The van der Waals surface area contributed by atoms with Crippen LogP contribution in [-0.4, -0.2) is 74.2 Å². The highest BCUT2D eigenvalue weighted by atomic mass is 19.4. The summed E-state index contributed by atoms with van der Waals surface area (Å²) in [6, 6.07) is 1.83. The number of amides is 1. The minimum Gasteiger partial charge on any atom is -0.475 e. The summed E-state index contributed by atoms with van der Waals surface area (Å²) in [4.78, 5) is 42.6. The zero-order valence-electron chi connectivity index (χ0n) is 16.5. The highest BCUT2D eigenvalue weighted by molar-refractivity contribution is 5.92. The number of nitrogens with zero attached hydrogens (tertiary/aromatic N) is 6. The first kappa shape index (κ1) is 22.4. The number of carbonyl (C=O) groups excluding carboxylic acids is 1. The molecule has 2 saturated heterocycles. The number of aliphatic carboxylic acids is 1. The molecule has 4 rings (SSSR count). The van der Waals surface area contributed by atoms with E-state index in [4.69, 9.17) is 9.90 Å². The number of carboxylic acid groups (broad SMARTS) is 1. The van der Waals surface area contributed by atoms with Gasteiger partial charge in [0.2, 0.25) is 5.95 Å². The Bertz CT molecular complexity index is 900. The van der Waals surface area contributed by atoms with Crippen molar-refractivity contribution in [3.8, 4) is 0 Å². The van der Waals surface area contributed by atoms with Crippen molar-refractivity contribution in [1.82, 2.24) is 24.8 Å². The third kappa shape index (κ3) is 5.64. The van der Waals surface area contributed by atoms with Crippen LogP contribution in [0.1, 0.15) is 29.8 Å². The molecule has 1 spiro atoms. The Balaban J connectivity index is 0.000000339. The maximum atomic E-state index is 12.6. The van der Waals surface area contributed by atoms with Gasteiger partial charge in [-0.1, -0.05) is 0 Å². The van der Waals surface area contributed by atoms with Crippen LogP contribution < -0.4 is 4.90 Å². The van der Waals surface area contributed by atoms with Gasteiger partial charge in [0.15, 0.2) is 0 Å². The molecule has 2 aromatic rings. The molecule has 0 aliphatic carbocycles. The Kier molecular flexibility index (Phi) is 6.66. The van der Waals surface area contributed by atoms with Gasteiger partial charge in [0, 0.05) is 56.4 Å². The van der Waals surface area contributed by atoms with Crippen molar-refractivity contribution in [1.29, 1.82) is 0 Å². The zero-order chi connectivity index (χ0) is 22.5. The molecule has 166 valence electrons. The topological polar surface area (TPSA) is 112 Å². The third-order valence-corrected chi connectivity index (χ3v) is 5.25. The van der Waals surface area contributed by atoms with Gasteiger partial charge in [-0.25, -0.2) is 19.7 Å². The summed E-state index contributed by atoms with van der Waals surface area (Å²) in [6.45, 7) is 3.43. The maximum Gasteiger partial charge on any atom is 0.490 e. The standard InChI is InChI=1S/C17H20N6O.C2HF3O2/c24-15(14-11-18-7-8-19-14)22-10-4-17(12-22)3-1-9-23(13-17)16-20-5-2-6-21-16;3-2(4,5)1(6)7/h2,5-8,11H,1,3-4,9-10,12-13H2;(H,6,7). The van der Waals surface area contributed by atoms with E-state index in [0.717, 1.165) is 51.4 Å². The van der Waals surface area contributed by atoms with Gasteiger partial charge in [-0.15, -0.1) is 0 Å². The van der Waals surface area contributed by atoms with E-state index < -0.39 is 12.1 Å². The summed E-state index contributed by atoms with van der Waals surface area (Å²) in [7, 11) is 0. The van der Waals surface area contributed by atoms with E-state index >= 15 is 0 Å². The normalized spacial score (nSPS) is 20.9. The number of piperidine rings is 1. The molecule has 31 heavy (non-hydrogen) atoms. The second kappa shape index (κ2) is 9.23. The molecule has 1 N–H and O–H groups in total. The second-order valence-corrected chi connectivity index (χ2v) is 7.44. The number of halogens is 3. The quantitative estimate of drug-likeness (QED) is 0.758. The fourth-order valence-electron chi connectivity index (χ4n) is 3.85. The van der Waals surface area contributed by atoms with Crippen LogP contribution in [0.5, 0.6) is 0 Å². The molecule has 0 aromatic carbocycles. The first-order chi connectivity index (χ1) is 14.7. The first-order valence-electron chi connectivity index (χ1n) is 9.58. The van der Waals surface area contributed by atoms with Crippen LogP contribution in [0, 0.1) is 5.41 Å². The third-order valence-electron chi connectivity index (χ3n) is 5.25. The monoisotopic (exact) mass is 438 g/mol. The second-order valence-electron chi connectivity index (χ2n) is 7.44. The molecule has 2 aliphatic heterocycles. The van der Waals surface area contributed by atoms with E-state index in [1.807, 2.05) is 11.0 Å². The fourth-order valence-corrected chi connectivity index (χ4v) is 3.85. The number of rotatable bonds is 2. The Morgan fingerprint density at radius 2 is 1.71 bits per heavy atom. The first-order valence-corrected chi connectivity index (χ1v) is 9.58. The summed E-state index contributed by atoms with van der Waals surface area (Å²) in [5, 5.41) is 7.12. The predicted molar refractivity (Wildman–Crippen MR) is 102 cm³/mol. The van der Waals surface area contributed by atoms with Crippen LogP contribution in [0.25, 0.3) is 0 Å². The summed E-state index contributed by atoms with van der Waals surface area (Å²) >= 11 is 0. The minimum atomic E-state index is -5.08. The van der Waals surface area contributed by atoms with Gasteiger partial charge < -0.3 is 14.9 Å². The van der Waals surface area contributed by atoms with Crippen molar-refractivity contribution in [2.24, 2.45) is 5.41 Å². The number of anilines is 1. The fraction of sp³-hybridized carbons (Fsp3) is 0.474. The van der Waals surface area contributed by atoms with Crippen molar-refractivity contribution in [2.45, 2.75) is 25.4 Å². The van der Waals surface area contributed by atoms with Gasteiger partial charge in [0.25, 0.3) is 5.91 Å². The van der Waals surface area contributed by atoms with Gasteiger partial charge in [0.1, 0.15) is 5.69 Å². The van der Waals surface area contributed by atoms with Crippen LogP contribution in [0.3, 0.4) is 0 Å². The molecule has 1 unspecified atom stereocenters. The lowest BCUT2D eigenvalue weighted by atomic mass is 9.79. The lowest BCUT2D eigenvalue weighted by Gasteiger charge is -2.40. The Labute approximate surface area is 176 Å². The minimum absolute atomic E-state index is 0.0203. The number of alkyl halides is 3. The van der Waals surface area contributed by atoms with E-state index in [1.54, 1.807) is 24.8 Å². The maximum absolute atomic E-state index is 12.6. The van der Waals surface area contributed by atoms with Gasteiger partial charge in [-0.3, -0.25) is 9.78 Å². The number of likely N-dealkylation sites (tertiary alicyclic amines) is 1. The van der Waals surface area contributed by atoms with Crippen molar-refractivity contribution >= 4 is 17.8 Å². The number of aromatic nitrogens is 4. The summed E-state index contributed by atoms with van der Waals surface area (Å²) < 4.78 is 31.7. The molecule has 1 atom stereocenters. The van der Waals surface area contributed by atoms with Crippen molar-refractivity contribution in [3.63, 3.8) is 0 Å². The molecule has 2 aliphatic rings. The highest BCUT2D eigenvalue weighted by Gasteiger charge is 2.43. The molecule has 12 heteroatoms. The summed E-state index contributed by atoms with van der Waals surface area (Å²) in [6.07, 6.45) is 6.42. The van der Waals surface area contributed by atoms with Gasteiger partial charge >= 0.3 is 12.1 Å². The molecular weight excluding hydrogens is 417 g/mol. The largest absolute Gasteiger partial charge is 0.490 e. The summed E-state index contributed by atoms with van der Waals surface area (Å²) in [5.74, 6) is -1.99. The predicted octanol–water partition coefficient (Wildman–Crippen LogP) is 2.03. The van der Waals surface area contributed by atoms with Crippen LogP contribution in [0.15, 0.2) is 37.1 Å². The van der Waals surface area contributed by atoms with Crippen molar-refractivity contribution < 1.29 is 27.9 Å². The molecule has 1 amide bonds. The Morgan fingerprint density at radius 1 is 1.00 bits per heavy atom. The van der Waals surface area contributed by atoms with Crippen molar-refractivity contribution in [2.75, 3.05) is 31.1 Å². The average molecular weight is 438 g/mol. The molecule has 9 nitrogen and oxygen atoms in total. The molecule has 2 aromatic heterocycles. The molecule has 0 bridgehead atoms. The van der Waals surface area contributed by atoms with Gasteiger partial charge in [0.05, 0.1) is 6.20 Å². The van der Waals surface area contributed by atoms with E-state index in [0.29, 0.717) is 5.69 Å². The van der Waals surface area contributed by atoms with Gasteiger partial charge in [-0.2, -0.15) is 13.2 Å². The number of carboxylic acids is 1. The van der Waals surface area contributed by atoms with Crippen LogP contribution in [0.2, 0.25) is 0 Å². The molecule has 0 saturated carbocycles. The van der Waals surface area contributed by atoms with Crippen LogP contribution in [-0.2, 0) is 4.79 Å². The number of carbonyl (C=O) groups is 2. The van der Waals surface area contributed by atoms with E-state index in [-0.39, 0.29) is 11.3 Å². The number of hydrogen-bond acceptors (Lipinski definition) is 7.